The molecule has 3 aromatic carbocycles. The Balaban J connectivity index is 1.61. The summed E-state index contributed by atoms with van der Waals surface area (Å²) in [5.74, 6) is 0.651. The Hall–Kier alpha value is -3.70. The molecule has 3 aromatic rings. The highest BCUT2D eigenvalue weighted by atomic mass is 79.9. The van der Waals surface area contributed by atoms with Gasteiger partial charge in [0.05, 0.1) is 32.9 Å². The summed E-state index contributed by atoms with van der Waals surface area (Å²) in [6.07, 6.45) is 1.63. The van der Waals surface area contributed by atoms with Crippen LogP contribution in [0.15, 0.2) is 76.3 Å². The van der Waals surface area contributed by atoms with Gasteiger partial charge < -0.3 is 4.74 Å². The molecule has 0 spiro atoms. The lowest BCUT2D eigenvalue weighted by molar-refractivity contribution is -0.384. The van der Waals surface area contributed by atoms with Gasteiger partial charge in [-0.2, -0.15) is 10.4 Å². The zero-order valence-electron chi connectivity index (χ0n) is 15.1. The number of ether oxygens (including phenoxy) is 1. The van der Waals surface area contributed by atoms with Gasteiger partial charge in [0.15, 0.2) is 0 Å². The van der Waals surface area contributed by atoms with Crippen molar-refractivity contribution in [3.05, 3.63) is 98.0 Å². The normalized spacial score (nSPS) is 10.5. The molecule has 0 fully saturated rings. The molecule has 0 heterocycles. The average Bonchev–Trinajstić information content (AvgIpc) is 2.73. The molecule has 0 aliphatic carbocycles. The maximum absolute atomic E-state index is 10.7. The first kappa shape index (κ1) is 20.0. The first-order chi connectivity index (χ1) is 14.1. The Bertz CT molecular complexity index is 1090. The second-order valence-electron chi connectivity index (χ2n) is 5.92. The van der Waals surface area contributed by atoms with E-state index in [0.717, 1.165) is 15.6 Å². The van der Waals surface area contributed by atoms with Crippen LogP contribution in [0.2, 0.25) is 0 Å². The number of hydrogen-bond donors (Lipinski definition) is 1. The zero-order valence-corrected chi connectivity index (χ0v) is 16.7. The van der Waals surface area contributed by atoms with Crippen LogP contribution in [0, 0.1) is 21.4 Å². The fourth-order valence-electron chi connectivity index (χ4n) is 2.46. The van der Waals surface area contributed by atoms with Gasteiger partial charge in [0.25, 0.3) is 5.69 Å². The van der Waals surface area contributed by atoms with Crippen LogP contribution in [-0.4, -0.2) is 11.1 Å². The maximum atomic E-state index is 10.7. The molecule has 0 saturated heterocycles. The number of nitro benzene ring substituents is 1. The third kappa shape index (κ3) is 5.40. The number of nitrogens with zero attached hydrogens (tertiary/aromatic N) is 3. The van der Waals surface area contributed by atoms with Crippen LogP contribution >= 0.6 is 15.9 Å². The van der Waals surface area contributed by atoms with E-state index in [9.17, 15) is 10.1 Å². The highest BCUT2D eigenvalue weighted by Crippen LogP contribution is 2.27. The van der Waals surface area contributed by atoms with Crippen molar-refractivity contribution in [1.29, 1.82) is 5.26 Å². The van der Waals surface area contributed by atoms with Crippen molar-refractivity contribution >= 4 is 33.5 Å². The lowest BCUT2D eigenvalue weighted by atomic mass is 10.1. The quantitative estimate of drug-likeness (QED) is 0.300. The SMILES string of the molecule is N#Cc1ccccc1COc1ccc(/C=N/Nc2ccc([N+](=O)[O-])cc2)cc1Br. The zero-order chi connectivity index (χ0) is 20.6. The van der Waals surface area contributed by atoms with E-state index in [-0.39, 0.29) is 12.3 Å². The van der Waals surface area contributed by atoms with E-state index in [1.165, 1.54) is 12.1 Å². The van der Waals surface area contributed by atoms with Gasteiger partial charge in [-0.3, -0.25) is 15.5 Å². The minimum Gasteiger partial charge on any atom is -0.488 e. The lowest BCUT2D eigenvalue weighted by Crippen LogP contribution is -1.99. The summed E-state index contributed by atoms with van der Waals surface area (Å²) in [5.41, 5.74) is 5.72. The Morgan fingerprint density at radius 2 is 1.93 bits per heavy atom. The van der Waals surface area contributed by atoms with E-state index in [0.29, 0.717) is 17.0 Å². The Morgan fingerprint density at radius 3 is 2.62 bits per heavy atom. The summed E-state index contributed by atoms with van der Waals surface area (Å²) in [4.78, 5) is 10.2. The lowest BCUT2D eigenvalue weighted by Gasteiger charge is -2.10. The molecular weight excluding hydrogens is 436 g/mol. The average molecular weight is 451 g/mol. The van der Waals surface area contributed by atoms with E-state index in [2.05, 4.69) is 32.5 Å². The van der Waals surface area contributed by atoms with E-state index in [4.69, 9.17) is 10.00 Å². The van der Waals surface area contributed by atoms with Gasteiger partial charge in [-0.25, -0.2) is 0 Å². The smallest absolute Gasteiger partial charge is 0.269 e. The molecule has 1 N–H and O–H groups in total. The number of non-ortho nitro benzene ring substituents is 1. The van der Waals surface area contributed by atoms with Crippen LogP contribution in [0.3, 0.4) is 0 Å². The molecule has 0 atom stereocenters. The van der Waals surface area contributed by atoms with Crippen LogP contribution in [0.25, 0.3) is 0 Å². The Kier molecular flexibility index (Phi) is 6.55. The number of nitrogens with one attached hydrogen (secondary N) is 1. The number of anilines is 1. The van der Waals surface area contributed by atoms with E-state index >= 15 is 0 Å². The minimum absolute atomic E-state index is 0.0245. The molecule has 0 radical (unpaired) electrons. The summed E-state index contributed by atoms with van der Waals surface area (Å²) in [7, 11) is 0. The molecule has 0 aliphatic heterocycles. The number of hydrazone groups is 1. The molecule has 0 unspecified atom stereocenters. The fourth-order valence-corrected chi connectivity index (χ4v) is 2.98. The predicted molar refractivity (Wildman–Crippen MR) is 114 cm³/mol. The highest BCUT2D eigenvalue weighted by Gasteiger charge is 2.06. The Morgan fingerprint density at radius 1 is 1.17 bits per heavy atom. The fraction of sp³-hybridized carbons (Fsp3) is 0.0476. The van der Waals surface area contributed by atoms with Gasteiger partial charge in [-0.1, -0.05) is 18.2 Å². The monoisotopic (exact) mass is 450 g/mol. The number of halogens is 1. The van der Waals surface area contributed by atoms with E-state index < -0.39 is 4.92 Å². The third-order valence-electron chi connectivity index (χ3n) is 3.96. The highest BCUT2D eigenvalue weighted by molar-refractivity contribution is 9.10. The molecule has 144 valence electrons. The number of rotatable bonds is 7. The van der Waals surface area contributed by atoms with Crippen LogP contribution in [0.1, 0.15) is 16.7 Å². The summed E-state index contributed by atoms with van der Waals surface area (Å²) in [6, 6.07) is 20.9. The number of nitriles is 1. The molecule has 0 aliphatic rings. The first-order valence-corrected chi connectivity index (χ1v) is 9.30. The van der Waals surface area contributed by atoms with Crippen LogP contribution in [0.4, 0.5) is 11.4 Å². The van der Waals surface area contributed by atoms with Crippen LogP contribution in [0.5, 0.6) is 5.75 Å². The second kappa shape index (κ2) is 9.48. The summed E-state index contributed by atoms with van der Waals surface area (Å²) >= 11 is 3.48. The molecule has 7 nitrogen and oxygen atoms in total. The van der Waals surface area contributed by atoms with Gasteiger partial charge in [0.1, 0.15) is 12.4 Å². The number of benzene rings is 3. The van der Waals surface area contributed by atoms with Crippen molar-refractivity contribution in [1.82, 2.24) is 0 Å². The molecule has 3 rings (SSSR count). The summed E-state index contributed by atoms with van der Waals surface area (Å²) in [5, 5.41) is 23.9. The predicted octanol–water partition coefficient (Wildman–Crippen LogP) is 5.25. The van der Waals surface area contributed by atoms with Crippen molar-refractivity contribution in [3.63, 3.8) is 0 Å². The van der Waals surface area contributed by atoms with Gasteiger partial charge >= 0.3 is 0 Å². The molecular formula is C21H15BrN4O3. The second-order valence-corrected chi connectivity index (χ2v) is 6.78. The van der Waals surface area contributed by atoms with Crippen molar-refractivity contribution in [3.8, 4) is 11.8 Å². The molecule has 0 amide bonds. The molecule has 8 heteroatoms. The number of hydrogen-bond acceptors (Lipinski definition) is 6. The molecule has 0 aromatic heterocycles. The van der Waals surface area contributed by atoms with Crippen molar-refractivity contribution in [2.24, 2.45) is 5.10 Å². The van der Waals surface area contributed by atoms with Crippen molar-refractivity contribution in [2.75, 3.05) is 5.43 Å². The Labute approximate surface area is 175 Å². The van der Waals surface area contributed by atoms with Gasteiger partial charge in [0, 0.05) is 17.7 Å². The van der Waals surface area contributed by atoms with Crippen molar-refractivity contribution in [2.45, 2.75) is 6.61 Å². The summed E-state index contributed by atoms with van der Waals surface area (Å²) in [6.45, 7) is 0.289. The first-order valence-electron chi connectivity index (χ1n) is 8.50. The van der Waals surface area contributed by atoms with Gasteiger partial charge in [-0.15, -0.1) is 0 Å². The van der Waals surface area contributed by atoms with Gasteiger partial charge in [0.2, 0.25) is 0 Å². The van der Waals surface area contributed by atoms with Crippen LogP contribution < -0.4 is 10.2 Å². The van der Waals surface area contributed by atoms with Crippen molar-refractivity contribution < 1.29 is 9.66 Å². The topological polar surface area (TPSA) is 101 Å². The van der Waals surface area contributed by atoms with Gasteiger partial charge in [-0.05, 0) is 57.9 Å². The van der Waals surface area contributed by atoms with E-state index in [1.807, 2.05) is 36.4 Å². The van der Waals surface area contributed by atoms with Crippen LogP contribution in [-0.2, 0) is 6.61 Å². The summed E-state index contributed by atoms with van der Waals surface area (Å²) < 4.78 is 6.57. The number of nitro groups is 1. The minimum atomic E-state index is -0.451. The standard InChI is InChI=1S/C21H15BrN4O3/c22-20-11-15(13-24-25-18-6-8-19(9-7-18)26(27)28)5-10-21(20)29-14-17-4-2-1-3-16(17)12-23/h1-11,13,25H,14H2/b24-13+. The maximum Gasteiger partial charge on any atom is 0.269 e. The molecule has 0 saturated carbocycles. The van der Waals surface area contributed by atoms with E-state index in [1.54, 1.807) is 24.4 Å². The largest absolute Gasteiger partial charge is 0.488 e. The third-order valence-corrected chi connectivity index (χ3v) is 4.58. The molecule has 0 bridgehead atoms. The molecule has 29 heavy (non-hydrogen) atoms.